The third-order valence-electron chi connectivity index (χ3n) is 5.66. The van der Waals surface area contributed by atoms with Gasteiger partial charge in [0.1, 0.15) is 18.3 Å². The molecule has 0 radical (unpaired) electrons. The number of nitrogens with zero attached hydrogens (tertiary/aromatic N) is 6. The van der Waals surface area contributed by atoms with Crippen molar-refractivity contribution in [3.05, 3.63) is 65.8 Å². The van der Waals surface area contributed by atoms with E-state index in [9.17, 15) is 0 Å². The summed E-state index contributed by atoms with van der Waals surface area (Å²) in [6, 6.07) is 10.8. The van der Waals surface area contributed by atoms with Crippen LogP contribution in [-0.2, 0) is 43.8 Å². The van der Waals surface area contributed by atoms with E-state index in [-0.39, 0.29) is 6.04 Å². The Morgan fingerprint density at radius 3 is 2.97 bits per heavy atom. The predicted octanol–water partition coefficient (Wildman–Crippen LogP) is 1.93. The lowest BCUT2D eigenvalue weighted by atomic mass is 10.1. The number of nitrogens with one attached hydrogen (secondary N) is 2. The molecule has 0 spiro atoms. The fraction of sp³-hybridized carbons (Fsp3) is 0.478. The molecule has 32 heavy (non-hydrogen) atoms. The van der Waals surface area contributed by atoms with E-state index in [0.717, 1.165) is 62.2 Å². The van der Waals surface area contributed by atoms with E-state index in [1.807, 2.05) is 17.1 Å². The van der Waals surface area contributed by atoms with Gasteiger partial charge in [0.2, 0.25) is 0 Å². The largest absolute Gasteiger partial charge is 0.377 e. The van der Waals surface area contributed by atoms with Crippen molar-refractivity contribution >= 4 is 5.96 Å². The van der Waals surface area contributed by atoms with Gasteiger partial charge in [-0.25, -0.2) is 14.6 Å². The van der Waals surface area contributed by atoms with Crippen molar-refractivity contribution in [3.63, 3.8) is 0 Å². The lowest BCUT2D eigenvalue weighted by molar-refractivity contribution is 0.177. The highest BCUT2D eigenvalue weighted by atomic mass is 16.5. The molecular weight excluding hydrogens is 404 g/mol. The summed E-state index contributed by atoms with van der Waals surface area (Å²) in [6.07, 6.45) is 7.92. The maximum atomic E-state index is 5.15. The molecule has 1 atom stereocenters. The minimum absolute atomic E-state index is 0.247. The van der Waals surface area contributed by atoms with E-state index in [0.29, 0.717) is 13.2 Å². The van der Waals surface area contributed by atoms with Crippen molar-refractivity contribution in [2.75, 3.05) is 14.2 Å². The number of guanidine groups is 1. The average Bonchev–Trinajstić information content (AvgIpc) is 3.43. The minimum Gasteiger partial charge on any atom is -0.377 e. The van der Waals surface area contributed by atoms with Gasteiger partial charge in [0.15, 0.2) is 11.8 Å². The normalized spacial score (nSPS) is 16.1. The van der Waals surface area contributed by atoms with Crippen molar-refractivity contribution in [2.24, 2.45) is 4.99 Å². The number of ether oxygens (including phenoxy) is 1. The summed E-state index contributed by atoms with van der Waals surface area (Å²) in [5, 5.41) is 11.5. The number of rotatable bonds is 9. The van der Waals surface area contributed by atoms with Crippen molar-refractivity contribution in [2.45, 2.75) is 58.0 Å². The zero-order valence-electron chi connectivity index (χ0n) is 18.9. The summed E-state index contributed by atoms with van der Waals surface area (Å²) in [5.41, 5.74) is 1.37. The number of hydrogen-bond acceptors (Lipinski definition) is 5. The highest BCUT2D eigenvalue weighted by Crippen LogP contribution is 2.13. The summed E-state index contributed by atoms with van der Waals surface area (Å²) < 4.78 is 9.33. The molecule has 1 aliphatic heterocycles. The van der Waals surface area contributed by atoms with Crippen molar-refractivity contribution in [3.8, 4) is 0 Å². The highest BCUT2D eigenvalue weighted by molar-refractivity contribution is 5.79. The summed E-state index contributed by atoms with van der Waals surface area (Å²) in [5.74, 6) is 3.54. The van der Waals surface area contributed by atoms with Crippen molar-refractivity contribution in [1.29, 1.82) is 0 Å². The fourth-order valence-electron chi connectivity index (χ4n) is 4.03. The lowest BCUT2D eigenvalue weighted by Crippen LogP contribution is -2.47. The van der Waals surface area contributed by atoms with Crippen LogP contribution in [0.4, 0.5) is 0 Å². The molecule has 0 bridgehead atoms. The number of aryl methyl sites for hydroxylation is 3. The van der Waals surface area contributed by atoms with Crippen molar-refractivity contribution < 1.29 is 4.74 Å². The molecule has 2 aromatic heterocycles. The third-order valence-corrected chi connectivity index (χ3v) is 5.66. The number of fused-ring (bicyclic) bond motifs is 1. The maximum absolute atomic E-state index is 5.15. The monoisotopic (exact) mass is 436 g/mol. The van der Waals surface area contributed by atoms with Crippen LogP contribution in [0.3, 0.4) is 0 Å². The van der Waals surface area contributed by atoms with Crippen LogP contribution in [-0.4, -0.2) is 50.5 Å². The number of methoxy groups -OCH3 is 1. The van der Waals surface area contributed by atoms with E-state index < -0.39 is 0 Å². The first-order valence-corrected chi connectivity index (χ1v) is 11.2. The van der Waals surface area contributed by atoms with Crippen LogP contribution in [0.2, 0.25) is 0 Å². The first-order chi connectivity index (χ1) is 15.7. The smallest absolute Gasteiger partial charge is 0.191 e. The molecule has 3 aromatic rings. The van der Waals surface area contributed by atoms with Crippen LogP contribution < -0.4 is 10.6 Å². The quantitative estimate of drug-likeness (QED) is 0.393. The SMILES string of the molecule is CN=C(NCc1nccn1CCCc1ccccc1)NC1CCc2nc(COC)nn2C1. The van der Waals surface area contributed by atoms with E-state index in [4.69, 9.17) is 4.74 Å². The molecule has 0 aliphatic carbocycles. The Morgan fingerprint density at radius 1 is 1.28 bits per heavy atom. The van der Waals surface area contributed by atoms with E-state index in [1.165, 1.54) is 5.56 Å². The predicted molar refractivity (Wildman–Crippen MR) is 123 cm³/mol. The van der Waals surface area contributed by atoms with Crippen LogP contribution in [0.5, 0.6) is 0 Å². The van der Waals surface area contributed by atoms with Crippen LogP contribution in [0.25, 0.3) is 0 Å². The van der Waals surface area contributed by atoms with E-state index >= 15 is 0 Å². The summed E-state index contributed by atoms with van der Waals surface area (Å²) in [7, 11) is 3.46. The van der Waals surface area contributed by atoms with E-state index in [1.54, 1.807) is 14.2 Å². The molecule has 2 N–H and O–H groups in total. The topological polar surface area (TPSA) is 94.2 Å². The second-order valence-electron chi connectivity index (χ2n) is 7.99. The van der Waals surface area contributed by atoms with Gasteiger partial charge in [-0.1, -0.05) is 30.3 Å². The molecule has 0 saturated heterocycles. The molecule has 0 fully saturated rings. The van der Waals surface area contributed by atoms with E-state index in [2.05, 4.69) is 65.6 Å². The van der Waals surface area contributed by atoms with Gasteiger partial charge in [0.05, 0.1) is 13.1 Å². The summed E-state index contributed by atoms with van der Waals surface area (Å²) in [4.78, 5) is 13.5. The number of aromatic nitrogens is 5. The van der Waals surface area contributed by atoms with Gasteiger partial charge < -0.3 is 19.9 Å². The molecule has 9 heteroatoms. The highest BCUT2D eigenvalue weighted by Gasteiger charge is 2.22. The molecule has 0 amide bonds. The summed E-state index contributed by atoms with van der Waals surface area (Å²) in [6.45, 7) is 2.77. The molecule has 3 heterocycles. The molecule has 1 aliphatic rings. The number of benzene rings is 1. The van der Waals surface area contributed by atoms with Crippen molar-refractivity contribution in [1.82, 2.24) is 34.9 Å². The Labute approximate surface area is 188 Å². The van der Waals surface area contributed by atoms with Gasteiger partial charge in [0, 0.05) is 45.6 Å². The first-order valence-electron chi connectivity index (χ1n) is 11.2. The Balaban J connectivity index is 1.26. The van der Waals surface area contributed by atoms with Crippen LogP contribution in [0.1, 0.15) is 35.9 Å². The summed E-state index contributed by atoms with van der Waals surface area (Å²) >= 11 is 0. The number of aliphatic imine (C=N–C) groups is 1. The first kappa shape index (κ1) is 22.0. The molecular formula is C23H32N8O. The fourth-order valence-corrected chi connectivity index (χ4v) is 4.03. The standard InChI is InChI=1S/C23H32N8O/c1-24-23(27-19-10-11-21-28-20(17-32-2)29-31(21)16-19)26-15-22-25-12-14-30(22)13-6-9-18-7-4-3-5-8-18/h3-5,7-8,12,14,19H,6,9-11,13,15-17H2,1-2H3,(H2,24,26,27). The van der Waals surface area contributed by atoms with Gasteiger partial charge in [-0.3, -0.25) is 4.99 Å². The lowest BCUT2D eigenvalue weighted by Gasteiger charge is -2.25. The second kappa shape index (κ2) is 10.9. The van der Waals surface area contributed by atoms with Gasteiger partial charge in [-0.15, -0.1) is 0 Å². The Kier molecular flexibility index (Phi) is 7.50. The molecule has 1 unspecified atom stereocenters. The van der Waals surface area contributed by atoms with Gasteiger partial charge in [0.25, 0.3) is 0 Å². The Hall–Kier alpha value is -3.20. The Morgan fingerprint density at radius 2 is 2.16 bits per heavy atom. The zero-order chi connectivity index (χ0) is 22.2. The Bertz CT molecular complexity index is 1010. The average molecular weight is 437 g/mol. The molecule has 4 rings (SSSR count). The molecule has 9 nitrogen and oxygen atoms in total. The number of hydrogen-bond donors (Lipinski definition) is 2. The number of imidazole rings is 1. The van der Waals surface area contributed by atoms with Crippen LogP contribution in [0.15, 0.2) is 47.7 Å². The zero-order valence-corrected chi connectivity index (χ0v) is 18.9. The molecule has 170 valence electrons. The van der Waals surface area contributed by atoms with Crippen LogP contribution >= 0.6 is 0 Å². The second-order valence-corrected chi connectivity index (χ2v) is 7.99. The van der Waals surface area contributed by atoms with Gasteiger partial charge in [-0.2, -0.15) is 5.10 Å². The third kappa shape index (κ3) is 5.73. The molecule has 0 saturated carbocycles. The van der Waals surface area contributed by atoms with Crippen LogP contribution in [0, 0.1) is 0 Å². The maximum Gasteiger partial charge on any atom is 0.191 e. The molecule has 1 aromatic carbocycles. The van der Waals surface area contributed by atoms with Gasteiger partial charge in [-0.05, 0) is 24.8 Å². The minimum atomic E-state index is 0.247. The van der Waals surface area contributed by atoms with Gasteiger partial charge >= 0.3 is 0 Å².